The van der Waals surface area contributed by atoms with Crippen LogP contribution < -0.4 is 0 Å². The van der Waals surface area contributed by atoms with Crippen LogP contribution in [0.5, 0.6) is 0 Å². The van der Waals surface area contributed by atoms with Crippen molar-refractivity contribution in [2.75, 3.05) is 27.4 Å². The van der Waals surface area contributed by atoms with Crippen LogP contribution in [0.1, 0.15) is 13.8 Å². The van der Waals surface area contributed by atoms with Crippen molar-refractivity contribution in [2.45, 2.75) is 26.1 Å². The third kappa shape index (κ3) is 6.62. The van der Waals surface area contributed by atoms with Gasteiger partial charge in [0.2, 0.25) is 0 Å². The Bertz CT molecular complexity index is 148. The lowest BCUT2D eigenvalue weighted by Crippen LogP contribution is -2.23. The Labute approximate surface area is 83.6 Å². The maximum absolute atomic E-state index is 10.8. The number of nitrogens with zero attached hydrogens (tertiary/aromatic N) is 1. The van der Waals surface area contributed by atoms with Crippen LogP contribution in [0.4, 0.5) is 0 Å². The lowest BCUT2D eigenvalue weighted by Gasteiger charge is -2.05. The zero-order valence-corrected chi connectivity index (χ0v) is 9.06. The molecule has 0 aromatic heterocycles. The van der Waals surface area contributed by atoms with Gasteiger partial charge in [-0.25, -0.2) is 0 Å². The molecule has 0 fully saturated rings. The maximum atomic E-state index is 10.8. The van der Waals surface area contributed by atoms with Crippen LogP contribution in [0.2, 0.25) is 0 Å². The van der Waals surface area contributed by atoms with Gasteiger partial charge in [-0.2, -0.15) is 9.68 Å². The second-order valence-electron chi connectivity index (χ2n) is 2.91. The minimum atomic E-state index is -0.144. The van der Waals surface area contributed by atoms with Gasteiger partial charge >= 0.3 is 5.09 Å². The highest BCUT2D eigenvalue weighted by molar-refractivity contribution is 4.41. The Kier molecular flexibility index (Phi) is 7.04. The van der Waals surface area contributed by atoms with E-state index in [0.29, 0.717) is 0 Å². The third-order valence-corrected chi connectivity index (χ3v) is 1.63. The van der Waals surface area contributed by atoms with Crippen LogP contribution in [0.25, 0.3) is 0 Å². The minimum Gasteiger partial charge on any atom is -0.378 e. The molecule has 0 aliphatic rings. The second-order valence-corrected chi connectivity index (χ2v) is 2.91. The van der Waals surface area contributed by atoms with E-state index < -0.39 is 0 Å². The summed E-state index contributed by atoms with van der Waals surface area (Å²) in [5, 5.41) is 0.0744. The first kappa shape index (κ1) is 13.1. The number of rotatable bonds is 8. The van der Waals surface area contributed by atoms with Crippen molar-refractivity contribution >= 4 is 0 Å². The van der Waals surface area contributed by atoms with Gasteiger partial charge in [0.05, 0.1) is 12.2 Å². The van der Waals surface area contributed by atoms with Gasteiger partial charge in [-0.3, -0.25) is 0 Å². The summed E-state index contributed by atoms with van der Waals surface area (Å²) in [6.07, 6.45) is -0.287. The lowest BCUT2D eigenvalue weighted by molar-refractivity contribution is -0.982. The summed E-state index contributed by atoms with van der Waals surface area (Å²) in [6, 6.07) is 0. The molecule has 0 saturated carbocycles. The molecule has 0 spiro atoms. The van der Waals surface area contributed by atoms with Crippen LogP contribution in [0.15, 0.2) is 0 Å². The van der Waals surface area contributed by atoms with Crippen molar-refractivity contribution in [3.05, 3.63) is 4.91 Å². The van der Waals surface area contributed by atoms with Gasteiger partial charge in [0.1, 0.15) is 4.91 Å². The first-order chi connectivity index (χ1) is 6.60. The normalized spacial score (nSPS) is 14.6. The molecular weight excluding hydrogens is 190 g/mol. The molecule has 0 bridgehead atoms. The van der Waals surface area contributed by atoms with Gasteiger partial charge in [-0.1, -0.05) is 0 Å². The van der Waals surface area contributed by atoms with E-state index in [1.807, 2.05) is 0 Å². The molecule has 0 radical (unpaired) electrons. The first-order valence-electron chi connectivity index (χ1n) is 4.38. The second kappa shape index (κ2) is 7.52. The molecule has 0 aliphatic heterocycles. The minimum absolute atomic E-state index is 0.0744. The lowest BCUT2D eigenvalue weighted by atomic mass is 10.4. The van der Waals surface area contributed by atoms with E-state index in [9.17, 15) is 4.91 Å². The number of hydrogen-bond donors (Lipinski definition) is 0. The monoisotopic (exact) mass is 208 g/mol. The summed E-state index contributed by atoms with van der Waals surface area (Å²) in [6.45, 7) is 3.87. The molecular formula is C8H18NO5+. The van der Waals surface area contributed by atoms with E-state index in [0.717, 1.165) is 0 Å². The molecule has 84 valence electrons. The SMILES string of the molecule is COC(C)CO[N+](=O)OCC(C)OC. The number of ether oxygens (including phenoxy) is 2. The number of hydrogen-bond acceptors (Lipinski definition) is 5. The van der Waals surface area contributed by atoms with Crippen LogP contribution >= 0.6 is 0 Å². The Balaban J connectivity index is 3.46. The summed E-state index contributed by atoms with van der Waals surface area (Å²) in [5.41, 5.74) is 0. The Morgan fingerprint density at radius 2 is 1.36 bits per heavy atom. The highest BCUT2D eigenvalue weighted by Gasteiger charge is 2.16. The summed E-state index contributed by atoms with van der Waals surface area (Å²) < 4.78 is 9.75. The van der Waals surface area contributed by atoms with E-state index >= 15 is 0 Å². The average Bonchev–Trinajstić information content (AvgIpc) is 2.22. The zero-order chi connectivity index (χ0) is 11.0. The molecule has 14 heavy (non-hydrogen) atoms. The molecule has 0 aromatic rings. The molecule has 0 N–H and O–H groups in total. The Morgan fingerprint density at radius 1 is 1.00 bits per heavy atom. The smallest absolute Gasteiger partial charge is 0.378 e. The van der Waals surface area contributed by atoms with Crippen LogP contribution in [-0.2, 0) is 19.1 Å². The predicted molar refractivity (Wildman–Crippen MR) is 48.5 cm³/mol. The van der Waals surface area contributed by atoms with Crippen molar-refractivity contribution in [1.29, 1.82) is 0 Å². The summed E-state index contributed by atoms with van der Waals surface area (Å²) in [7, 11) is 3.08. The Hall–Kier alpha value is -0.880. The molecule has 0 aromatic carbocycles. The molecule has 0 rings (SSSR count). The first-order valence-corrected chi connectivity index (χ1v) is 4.38. The van der Waals surface area contributed by atoms with E-state index in [4.69, 9.17) is 9.47 Å². The summed E-state index contributed by atoms with van der Waals surface area (Å²) >= 11 is 0. The van der Waals surface area contributed by atoms with Crippen molar-refractivity contribution in [2.24, 2.45) is 0 Å². The highest BCUT2D eigenvalue weighted by Crippen LogP contribution is 1.93. The van der Waals surface area contributed by atoms with Crippen LogP contribution in [0, 0.1) is 4.91 Å². The highest BCUT2D eigenvalue weighted by atomic mass is 17.0. The fraction of sp³-hybridized carbons (Fsp3) is 1.00. The topological polar surface area (TPSA) is 57.0 Å². The predicted octanol–water partition coefficient (Wildman–Crippen LogP) is 0.698. The molecule has 6 nitrogen and oxygen atoms in total. The van der Waals surface area contributed by atoms with Gasteiger partial charge in [-0.15, -0.1) is 0 Å². The van der Waals surface area contributed by atoms with Crippen LogP contribution in [0.3, 0.4) is 0 Å². The van der Waals surface area contributed by atoms with Gasteiger partial charge < -0.3 is 9.47 Å². The molecule has 0 aliphatic carbocycles. The summed E-state index contributed by atoms with van der Waals surface area (Å²) in [4.78, 5) is 20.2. The fourth-order valence-electron chi connectivity index (χ4n) is 0.505. The zero-order valence-electron chi connectivity index (χ0n) is 9.06. The third-order valence-electron chi connectivity index (χ3n) is 1.63. The maximum Gasteiger partial charge on any atom is 0.477 e. The van der Waals surface area contributed by atoms with E-state index in [1.165, 1.54) is 14.2 Å². The molecule has 2 atom stereocenters. The van der Waals surface area contributed by atoms with Crippen molar-refractivity contribution in [3.8, 4) is 0 Å². The van der Waals surface area contributed by atoms with Gasteiger partial charge in [0.25, 0.3) is 0 Å². The van der Waals surface area contributed by atoms with Crippen LogP contribution in [-0.4, -0.2) is 44.7 Å². The van der Waals surface area contributed by atoms with Crippen molar-refractivity contribution < 1.29 is 24.2 Å². The largest absolute Gasteiger partial charge is 0.477 e. The molecule has 0 saturated heterocycles. The fourth-order valence-corrected chi connectivity index (χ4v) is 0.505. The van der Waals surface area contributed by atoms with E-state index in [1.54, 1.807) is 13.8 Å². The van der Waals surface area contributed by atoms with E-state index in [-0.39, 0.29) is 30.5 Å². The van der Waals surface area contributed by atoms with Gasteiger partial charge in [0.15, 0.2) is 13.2 Å². The average molecular weight is 208 g/mol. The molecule has 2 unspecified atom stereocenters. The molecule has 0 amide bonds. The van der Waals surface area contributed by atoms with Crippen molar-refractivity contribution in [3.63, 3.8) is 0 Å². The van der Waals surface area contributed by atoms with E-state index in [2.05, 4.69) is 9.68 Å². The quantitative estimate of drug-likeness (QED) is 0.549. The van der Waals surface area contributed by atoms with Crippen molar-refractivity contribution in [1.82, 2.24) is 0 Å². The number of methoxy groups -OCH3 is 2. The van der Waals surface area contributed by atoms with Gasteiger partial charge in [0, 0.05) is 14.2 Å². The Morgan fingerprint density at radius 3 is 1.64 bits per heavy atom. The molecule has 6 heteroatoms. The summed E-state index contributed by atoms with van der Waals surface area (Å²) in [5.74, 6) is 0. The molecule has 0 heterocycles. The standard InChI is InChI=1S/C8H18NO5/c1-7(11-3)5-13-9(10)14-6-8(2)12-4/h7-8H,5-6H2,1-4H3/q+1. The van der Waals surface area contributed by atoms with Gasteiger partial charge in [-0.05, 0) is 13.8 Å².